The van der Waals surface area contributed by atoms with Crippen LogP contribution in [0.4, 0.5) is 0 Å². The Kier molecular flexibility index (Phi) is 3.77. The van der Waals surface area contributed by atoms with Crippen LogP contribution in [0, 0.1) is 6.92 Å². The maximum absolute atomic E-state index is 12.5. The Bertz CT molecular complexity index is 631. The molecule has 1 saturated heterocycles. The minimum Gasteiger partial charge on any atom is -0.351 e. The zero-order valence-electron chi connectivity index (χ0n) is 12.4. The van der Waals surface area contributed by atoms with Crippen LogP contribution in [0.2, 0.25) is 0 Å². The Morgan fingerprint density at radius 3 is 3.10 bits per heavy atom. The number of aromatic amines is 1. The SMILES string of the molecule is CCc1cc(C(=O)N2CCC[C@H](c3[nH]ncc3C)C2)on1. The number of aryl methyl sites for hydroxylation is 2. The van der Waals surface area contributed by atoms with Crippen LogP contribution in [0.25, 0.3) is 0 Å². The highest BCUT2D eigenvalue weighted by molar-refractivity contribution is 5.91. The molecule has 0 spiro atoms. The lowest BCUT2D eigenvalue weighted by Gasteiger charge is -2.31. The molecule has 0 radical (unpaired) electrons. The molecule has 0 bridgehead atoms. The van der Waals surface area contributed by atoms with Crippen molar-refractivity contribution in [2.24, 2.45) is 0 Å². The van der Waals surface area contributed by atoms with E-state index in [9.17, 15) is 4.79 Å². The van der Waals surface area contributed by atoms with Crippen LogP contribution in [0.15, 0.2) is 16.8 Å². The fourth-order valence-electron chi connectivity index (χ4n) is 2.90. The summed E-state index contributed by atoms with van der Waals surface area (Å²) in [6, 6.07) is 1.74. The average molecular weight is 288 g/mol. The van der Waals surface area contributed by atoms with Crippen LogP contribution in [0.5, 0.6) is 0 Å². The van der Waals surface area contributed by atoms with Gasteiger partial charge in [0.1, 0.15) is 0 Å². The minimum atomic E-state index is -0.0657. The third-order valence-electron chi connectivity index (χ3n) is 4.12. The van der Waals surface area contributed by atoms with Crippen LogP contribution in [-0.4, -0.2) is 39.3 Å². The molecule has 1 N–H and O–H groups in total. The Balaban J connectivity index is 1.73. The topological polar surface area (TPSA) is 75.0 Å². The van der Waals surface area contributed by atoms with E-state index < -0.39 is 0 Å². The molecule has 0 unspecified atom stereocenters. The van der Waals surface area contributed by atoms with Crippen molar-refractivity contribution in [2.75, 3.05) is 13.1 Å². The van der Waals surface area contributed by atoms with E-state index in [-0.39, 0.29) is 5.91 Å². The van der Waals surface area contributed by atoms with Gasteiger partial charge in [0.15, 0.2) is 0 Å². The molecule has 21 heavy (non-hydrogen) atoms. The number of carbonyl (C=O) groups is 1. The number of rotatable bonds is 3. The van der Waals surface area contributed by atoms with Crippen LogP contribution < -0.4 is 0 Å². The molecular weight excluding hydrogens is 268 g/mol. The van der Waals surface area contributed by atoms with Crippen molar-refractivity contribution in [1.29, 1.82) is 0 Å². The molecule has 1 aliphatic heterocycles. The Labute approximate surface area is 123 Å². The highest BCUT2D eigenvalue weighted by atomic mass is 16.5. The summed E-state index contributed by atoms with van der Waals surface area (Å²) in [5, 5.41) is 11.0. The van der Waals surface area contributed by atoms with Gasteiger partial charge in [0.05, 0.1) is 11.9 Å². The molecule has 112 valence electrons. The first-order chi connectivity index (χ1) is 10.2. The monoisotopic (exact) mass is 288 g/mol. The molecule has 0 saturated carbocycles. The van der Waals surface area contributed by atoms with Crippen molar-refractivity contribution in [3.63, 3.8) is 0 Å². The second-order valence-corrected chi connectivity index (χ2v) is 5.59. The van der Waals surface area contributed by atoms with Crippen LogP contribution in [-0.2, 0) is 6.42 Å². The smallest absolute Gasteiger partial charge is 0.292 e. The number of nitrogens with one attached hydrogen (secondary N) is 1. The molecule has 1 aliphatic rings. The predicted molar refractivity (Wildman–Crippen MR) is 77.1 cm³/mol. The second kappa shape index (κ2) is 5.71. The summed E-state index contributed by atoms with van der Waals surface area (Å²) in [7, 11) is 0. The lowest BCUT2D eigenvalue weighted by Crippen LogP contribution is -2.39. The molecule has 2 aromatic rings. The zero-order valence-corrected chi connectivity index (χ0v) is 12.4. The van der Waals surface area contributed by atoms with Crippen LogP contribution >= 0.6 is 0 Å². The van der Waals surface area contributed by atoms with E-state index >= 15 is 0 Å². The number of H-pyrrole nitrogens is 1. The van der Waals surface area contributed by atoms with Gasteiger partial charge in [0.25, 0.3) is 5.91 Å². The van der Waals surface area contributed by atoms with Crippen molar-refractivity contribution in [2.45, 2.75) is 39.0 Å². The summed E-state index contributed by atoms with van der Waals surface area (Å²) >= 11 is 0. The standard InChI is InChI=1S/C15H20N4O2/c1-3-12-7-13(21-18-12)15(20)19-6-4-5-11(9-19)14-10(2)8-16-17-14/h7-8,11H,3-6,9H2,1-2H3,(H,16,17)/t11-/m0/s1. The second-order valence-electron chi connectivity index (χ2n) is 5.59. The number of aromatic nitrogens is 3. The van der Waals surface area contributed by atoms with Gasteiger partial charge in [-0.1, -0.05) is 12.1 Å². The summed E-state index contributed by atoms with van der Waals surface area (Å²) < 4.78 is 5.16. The van der Waals surface area contributed by atoms with Crippen molar-refractivity contribution in [3.05, 3.63) is 35.0 Å². The minimum absolute atomic E-state index is 0.0657. The molecule has 6 nitrogen and oxygen atoms in total. The number of amides is 1. The molecule has 1 amide bonds. The normalized spacial score (nSPS) is 19.0. The number of hydrogen-bond acceptors (Lipinski definition) is 4. The first-order valence-corrected chi connectivity index (χ1v) is 7.43. The van der Waals surface area contributed by atoms with Gasteiger partial charge in [-0.05, 0) is 31.7 Å². The first-order valence-electron chi connectivity index (χ1n) is 7.43. The number of likely N-dealkylation sites (tertiary alicyclic amines) is 1. The quantitative estimate of drug-likeness (QED) is 0.940. The number of nitrogens with zero attached hydrogens (tertiary/aromatic N) is 3. The summed E-state index contributed by atoms with van der Waals surface area (Å²) in [5.41, 5.74) is 3.11. The lowest BCUT2D eigenvalue weighted by atomic mass is 9.93. The van der Waals surface area contributed by atoms with Gasteiger partial charge in [-0.15, -0.1) is 0 Å². The van der Waals surface area contributed by atoms with Gasteiger partial charge in [-0.25, -0.2) is 0 Å². The fraction of sp³-hybridized carbons (Fsp3) is 0.533. The van der Waals surface area contributed by atoms with E-state index in [1.54, 1.807) is 6.07 Å². The third kappa shape index (κ3) is 2.70. The average Bonchev–Trinajstić information content (AvgIpc) is 3.15. The van der Waals surface area contributed by atoms with Crippen molar-refractivity contribution in [1.82, 2.24) is 20.3 Å². The van der Waals surface area contributed by atoms with E-state index in [1.807, 2.05) is 24.9 Å². The molecule has 0 aromatic carbocycles. The van der Waals surface area contributed by atoms with Crippen molar-refractivity contribution >= 4 is 5.91 Å². The maximum Gasteiger partial charge on any atom is 0.292 e. The molecule has 3 rings (SSSR count). The van der Waals surface area contributed by atoms with Gasteiger partial charge in [0, 0.05) is 30.8 Å². The highest BCUT2D eigenvalue weighted by Crippen LogP contribution is 2.28. The molecule has 3 heterocycles. The van der Waals surface area contributed by atoms with Gasteiger partial charge in [-0.3, -0.25) is 9.89 Å². The molecule has 1 atom stereocenters. The summed E-state index contributed by atoms with van der Waals surface area (Å²) in [5.74, 6) is 0.594. The van der Waals surface area contributed by atoms with Gasteiger partial charge < -0.3 is 9.42 Å². The third-order valence-corrected chi connectivity index (χ3v) is 4.12. The first kappa shape index (κ1) is 13.9. The summed E-state index contributed by atoms with van der Waals surface area (Å²) in [6.45, 7) is 5.50. The Morgan fingerprint density at radius 2 is 2.43 bits per heavy atom. The largest absolute Gasteiger partial charge is 0.351 e. The Morgan fingerprint density at radius 1 is 1.57 bits per heavy atom. The van der Waals surface area contributed by atoms with Crippen molar-refractivity contribution in [3.8, 4) is 0 Å². The van der Waals surface area contributed by atoms with E-state index in [0.29, 0.717) is 18.2 Å². The summed E-state index contributed by atoms with van der Waals surface area (Å²) in [6.07, 6.45) is 4.67. The van der Waals surface area contributed by atoms with Gasteiger partial charge in [0.2, 0.25) is 5.76 Å². The van der Waals surface area contributed by atoms with Crippen molar-refractivity contribution < 1.29 is 9.32 Å². The fourth-order valence-corrected chi connectivity index (χ4v) is 2.90. The van der Waals surface area contributed by atoms with E-state index in [1.165, 1.54) is 0 Å². The molecule has 1 fully saturated rings. The van der Waals surface area contributed by atoms with Gasteiger partial charge >= 0.3 is 0 Å². The predicted octanol–water partition coefficient (Wildman–Crippen LogP) is 2.29. The van der Waals surface area contributed by atoms with Crippen LogP contribution in [0.3, 0.4) is 0 Å². The number of carbonyl (C=O) groups excluding carboxylic acids is 1. The van der Waals surface area contributed by atoms with E-state index in [4.69, 9.17) is 4.52 Å². The maximum atomic E-state index is 12.5. The summed E-state index contributed by atoms with van der Waals surface area (Å²) in [4.78, 5) is 14.4. The zero-order chi connectivity index (χ0) is 14.8. The number of piperidine rings is 1. The van der Waals surface area contributed by atoms with E-state index in [2.05, 4.69) is 15.4 Å². The molecule has 0 aliphatic carbocycles. The molecule has 6 heteroatoms. The van der Waals surface area contributed by atoms with Crippen LogP contribution in [0.1, 0.15) is 53.2 Å². The number of hydrogen-bond donors (Lipinski definition) is 1. The lowest BCUT2D eigenvalue weighted by molar-refractivity contribution is 0.0663. The van der Waals surface area contributed by atoms with Gasteiger partial charge in [-0.2, -0.15) is 5.10 Å². The molecular formula is C15H20N4O2. The molecule has 2 aromatic heterocycles. The van der Waals surface area contributed by atoms with E-state index in [0.717, 1.165) is 42.8 Å². The Hall–Kier alpha value is -2.11. The highest BCUT2D eigenvalue weighted by Gasteiger charge is 2.28.